The summed E-state index contributed by atoms with van der Waals surface area (Å²) in [6, 6.07) is 0.742. The quantitative estimate of drug-likeness (QED) is 0.724. The van der Waals surface area contributed by atoms with Crippen molar-refractivity contribution in [2.24, 2.45) is 11.5 Å². The monoisotopic (exact) mass is 257 g/mol. The van der Waals surface area contributed by atoms with Gasteiger partial charge >= 0.3 is 0 Å². The van der Waals surface area contributed by atoms with Crippen LogP contribution in [0.4, 0.5) is 0 Å². The highest BCUT2D eigenvalue weighted by Crippen LogP contribution is 2.30. The molecule has 0 aliphatic heterocycles. The van der Waals surface area contributed by atoms with Crippen LogP contribution in [-0.4, -0.2) is 48.7 Å². The molecule has 0 heterocycles. The van der Waals surface area contributed by atoms with E-state index in [1.165, 1.54) is 0 Å². The number of amides is 1. The van der Waals surface area contributed by atoms with E-state index in [9.17, 15) is 4.79 Å². The van der Waals surface area contributed by atoms with Crippen LogP contribution in [0.2, 0.25) is 0 Å². The van der Waals surface area contributed by atoms with Gasteiger partial charge in [0, 0.05) is 25.7 Å². The fourth-order valence-electron chi connectivity index (χ4n) is 2.84. The number of rotatable bonds is 6. The standard InChI is InChI=1S/C13H27N3O2/c1-10(2)16(7-8-18-3)11-5-4-6-13(15,9-11)12(14)17/h10-11H,4-9,15H2,1-3H3,(H2,14,17). The Balaban J connectivity index is 2.70. The van der Waals surface area contributed by atoms with Crippen LogP contribution in [0.3, 0.4) is 0 Å². The lowest BCUT2D eigenvalue weighted by Gasteiger charge is -2.42. The van der Waals surface area contributed by atoms with Crippen molar-refractivity contribution < 1.29 is 9.53 Å². The molecule has 1 aliphatic carbocycles. The summed E-state index contributed by atoms with van der Waals surface area (Å²) in [5.74, 6) is -0.373. The lowest BCUT2D eigenvalue weighted by Crippen LogP contribution is -2.59. The fraction of sp³-hybridized carbons (Fsp3) is 0.923. The Hall–Kier alpha value is -0.650. The zero-order valence-corrected chi connectivity index (χ0v) is 11.8. The molecule has 5 nitrogen and oxygen atoms in total. The van der Waals surface area contributed by atoms with E-state index in [4.69, 9.17) is 16.2 Å². The summed E-state index contributed by atoms with van der Waals surface area (Å²) in [7, 11) is 1.70. The van der Waals surface area contributed by atoms with Gasteiger partial charge < -0.3 is 16.2 Å². The lowest BCUT2D eigenvalue weighted by atomic mass is 9.78. The maximum absolute atomic E-state index is 11.5. The number of nitrogens with two attached hydrogens (primary N) is 2. The molecule has 1 amide bonds. The average molecular weight is 257 g/mol. The molecule has 0 saturated heterocycles. The third kappa shape index (κ3) is 3.67. The SMILES string of the molecule is COCCN(C(C)C)C1CCCC(N)(C(N)=O)C1. The van der Waals surface area contributed by atoms with Gasteiger partial charge in [-0.05, 0) is 39.5 Å². The molecule has 1 rings (SSSR count). The molecule has 1 fully saturated rings. The van der Waals surface area contributed by atoms with Crippen LogP contribution in [-0.2, 0) is 9.53 Å². The molecule has 1 aliphatic rings. The summed E-state index contributed by atoms with van der Waals surface area (Å²) in [6.07, 6.45) is 3.40. The zero-order valence-electron chi connectivity index (χ0n) is 11.8. The van der Waals surface area contributed by atoms with Crippen LogP contribution in [0, 0.1) is 0 Å². The fourth-order valence-corrected chi connectivity index (χ4v) is 2.84. The van der Waals surface area contributed by atoms with E-state index in [1.54, 1.807) is 7.11 Å². The Morgan fingerprint density at radius 3 is 2.72 bits per heavy atom. The molecule has 106 valence electrons. The maximum Gasteiger partial charge on any atom is 0.237 e. The maximum atomic E-state index is 11.5. The molecule has 4 N–H and O–H groups in total. The molecule has 18 heavy (non-hydrogen) atoms. The smallest absolute Gasteiger partial charge is 0.237 e. The number of hydrogen-bond acceptors (Lipinski definition) is 4. The van der Waals surface area contributed by atoms with Crippen molar-refractivity contribution in [1.82, 2.24) is 4.90 Å². The Bertz CT molecular complexity index is 283. The molecule has 0 bridgehead atoms. The number of carbonyl (C=O) groups is 1. The van der Waals surface area contributed by atoms with Crippen LogP contribution in [0.5, 0.6) is 0 Å². The molecular weight excluding hydrogens is 230 g/mol. The van der Waals surface area contributed by atoms with Crippen LogP contribution in [0.25, 0.3) is 0 Å². The van der Waals surface area contributed by atoms with Gasteiger partial charge in [0.1, 0.15) is 0 Å². The molecule has 0 spiro atoms. The van der Waals surface area contributed by atoms with Gasteiger partial charge in [0.2, 0.25) is 5.91 Å². The van der Waals surface area contributed by atoms with E-state index in [0.29, 0.717) is 31.5 Å². The highest BCUT2D eigenvalue weighted by Gasteiger charge is 2.40. The average Bonchev–Trinajstić information content (AvgIpc) is 2.29. The number of ether oxygens (including phenoxy) is 1. The van der Waals surface area contributed by atoms with Gasteiger partial charge in [-0.25, -0.2) is 0 Å². The van der Waals surface area contributed by atoms with Crippen molar-refractivity contribution in [3.05, 3.63) is 0 Å². The molecule has 2 unspecified atom stereocenters. The van der Waals surface area contributed by atoms with Gasteiger partial charge in [-0.3, -0.25) is 9.69 Å². The Morgan fingerprint density at radius 1 is 1.56 bits per heavy atom. The minimum Gasteiger partial charge on any atom is -0.383 e. The van der Waals surface area contributed by atoms with E-state index in [1.807, 2.05) is 0 Å². The summed E-state index contributed by atoms with van der Waals surface area (Å²) in [5, 5.41) is 0. The van der Waals surface area contributed by atoms with Gasteiger partial charge in [0.25, 0.3) is 0 Å². The minimum absolute atomic E-state index is 0.325. The van der Waals surface area contributed by atoms with E-state index in [2.05, 4.69) is 18.7 Å². The zero-order chi connectivity index (χ0) is 13.8. The van der Waals surface area contributed by atoms with Gasteiger partial charge in [0.05, 0.1) is 12.1 Å². The summed E-state index contributed by atoms with van der Waals surface area (Å²) < 4.78 is 5.15. The minimum atomic E-state index is -0.830. The van der Waals surface area contributed by atoms with Crippen molar-refractivity contribution in [2.45, 2.75) is 57.2 Å². The molecule has 1 saturated carbocycles. The highest BCUT2D eigenvalue weighted by atomic mass is 16.5. The second kappa shape index (κ2) is 6.50. The normalized spacial score (nSPS) is 28.9. The number of methoxy groups -OCH3 is 1. The van der Waals surface area contributed by atoms with Crippen molar-refractivity contribution >= 4 is 5.91 Å². The largest absolute Gasteiger partial charge is 0.383 e. The summed E-state index contributed by atoms with van der Waals surface area (Å²) in [5.41, 5.74) is 10.7. The van der Waals surface area contributed by atoms with Crippen LogP contribution in [0.1, 0.15) is 39.5 Å². The van der Waals surface area contributed by atoms with Crippen LogP contribution in [0.15, 0.2) is 0 Å². The summed E-state index contributed by atoms with van der Waals surface area (Å²) in [6.45, 7) is 5.88. The van der Waals surface area contributed by atoms with Crippen LogP contribution < -0.4 is 11.5 Å². The summed E-state index contributed by atoms with van der Waals surface area (Å²) in [4.78, 5) is 13.9. The van der Waals surface area contributed by atoms with E-state index in [-0.39, 0.29) is 5.91 Å². The van der Waals surface area contributed by atoms with E-state index >= 15 is 0 Å². The molecule has 2 atom stereocenters. The van der Waals surface area contributed by atoms with Gasteiger partial charge in [0.15, 0.2) is 0 Å². The molecule has 0 aromatic carbocycles. The Morgan fingerprint density at radius 2 is 2.22 bits per heavy atom. The van der Waals surface area contributed by atoms with Gasteiger partial charge in [-0.2, -0.15) is 0 Å². The van der Waals surface area contributed by atoms with Gasteiger partial charge in [-0.15, -0.1) is 0 Å². The third-order valence-electron chi connectivity index (χ3n) is 3.94. The molecule has 0 radical (unpaired) electrons. The van der Waals surface area contributed by atoms with Crippen molar-refractivity contribution in [2.75, 3.05) is 20.3 Å². The molecule has 0 aromatic heterocycles. The molecule has 0 aromatic rings. The molecule has 5 heteroatoms. The summed E-state index contributed by atoms with van der Waals surface area (Å²) >= 11 is 0. The predicted octanol–water partition coefficient (Wildman–Crippen LogP) is 0.469. The third-order valence-corrected chi connectivity index (χ3v) is 3.94. The second-order valence-electron chi connectivity index (χ2n) is 5.59. The van der Waals surface area contributed by atoms with E-state index < -0.39 is 5.54 Å². The van der Waals surface area contributed by atoms with Crippen molar-refractivity contribution in [3.8, 4) is 0 Å². The second-order valence-corrected chi connectivity index (χ2v) is 5.59. The van der Waals surface area contributed by atoms with Crippen molar-refractivity contribution in [3.63, 3.8) is 0 Å². The topological polar surface area (TPSA) is 81.6 Å². The van der Waals surface area contributed by atoms with Crippen LogP contribution >= 0.6 is 0 Å². The Labute approximate surface area is 110 Å². The molecular formula is C13H27N3O2. The number of primary amides is 1. The first-order valence-corrected chi connectivity index (χ1v) is 6.74. The first kappa shape index (κ1) is 15.4. The highest BCUT2D eigenvalue weighted by molar-refractivity contribution is 5.84. The predicted molar refractivity (Wildman–Crippen MR) is 72.1 cm³/mol. The number of hydrogen-bond donors (Lipinski definition) is 2. The Kier molecular flexibility index (Phi) is 5.56. The first-order valence-electron chi connectivity index (χ1n) is 6.74. The first-order chi connectivity index (χ1) is 8.40. The lowest BCUT2D eigenvalue weighted by molar-refractivity contribution is -0.125. The van der Waals surface area contributed by atoms with E-state index in [0.717, 1.165) is 19.4 Å². The number of carbonyl (C=O) groups excluding carboxylic acids is 1. The van der Waals surface area contributed by atoms with Gasteiger partial charge in [-0.1, -0.05) is 0 Å². The van der Waals surface area contributed by atoms with Crippen molar-refractivity contribution in [1.29, 1.82) is 0 Å². The number of nitrogens with zero attached hydrogens (tertiary/aromatic N) is 1.